The van der Waals surface area contributed by atoms with Crippen molar-refractivity contribution in [2.24, 2.45) is 5.92 Å². The molecule has 2 rings (SSSR count). The lowest BCUT2D eigenvalue weighted by Crippen LogP contribution is -2.42. The predicted molar refractivity (Wildman–Crippen MR) is 74.9 cm³/mol. The smallest absolute Gasteiger partial charge is 0.220 e. The molecule has 0 radical (unpaired) electrons. The number of nitrogens with one attached hydrogen (secondary N) is 2. The first-order chi connectivity index (χ1) is 9.60. The SMILES string of the molecule is CCc1nc(C#N)cc(NCC2CC(=O)NC(C)C2)n1. The van der Waals surface area contributed by atoms with E-state index in [1.807, 2.05) is 19.9 Å². The molecule has 2 N–H and O–H groups in total. The van der Waals surface area contributed by atoms with Crippen LogP contribution in [0.1, 0.15) is 38.2 Å². The maximum Gasteiger partial charge on any atom is 0.220 e. The number of aromatic nitrogens is 2. The minimum atomic E-state index is 0.102. The van der Waals surface area contributed by atoms with Gasteiger partial charge in [0.05, 0.1) is 0 Å². The van der Waals surface area contributed by atoms with Crippen LogP contribution < -0.4 is 10.6 Å². The summed E-state index contributed by atoms with van der Waals surface area (Å²) in [4.78, 5) is 19.9. The summed E-state index contributed by atoms with van der Waals surface area (Å²) in [7, 11) is 0. The fraction of sp³-hybridized carbons (Fsp3) is 0.571. The number of aryl methyl sites for hydroxylation is 1. The third-order valence-electron chi connectivity index (χ3n) is 3.34. The van der Waals surface area contributed by atoms with E-state index in [1.54, 1.807) is 6.07 Å². The summed E-state index contributed by atoms with van der Waals surface area (Å²) in [5.74, 6) is 1.71. The molecule has 1 aliphatic rings. The van der Waals surface area contributed by atoms with Gasteiger partial charge < -0.3 is 10.6 Å². The Bertz CT molecular complexity index is 537. The first kappa shape index (κ1) is 14.3. The topological polar surface area (TPSA) is 90.7 Å². The summed E-state index contributed by atoms with van der Waals surface area (Å²) in [5.41, 5.74) is 0.370. The molecule has 0 aliphatic carbocycles. The van der Waals surface area contributed by atoms with E-state index in [9.17, 15) is 4.79 Å². The Balaban J connectivity index is 2.00. The number of piperidine rings is 1. The first-order valence-corrected chi connectivity index (χ1v) is 6.92. The van der Waals surface area contributed by atoms with Gasteiger partial charge in [-0.1, -0.05) is 6.92 Å². The zero-order valence-corrected chi connectivity index (χ0v) is 11.8. The predicted octanol–water partition coefficient (Wildman–Crippen LogP) is 1.24. The van der Waals surface area contributed by atoms with E-state index in [2.05, 4.69) is 20.6 Å². The lowest BCUT2D eigenvalue weighted by molar-refractivity contribution is -0.124. The van der Waals surface area contributed by atoms with E-state index < -0.39 is 0 Å². The number of nitriles is 1. The molecule has 1 amide bonds. The van der Waals surface area contributed by atoms with Crippen LogP contribution in [-0.4, -0.2) is 28.5 Å². The second-order valence-electron chi connectivity index (χ2n) is 5.18. The Morgan fingerprint density at radius 3 is 3.00 bits per heavy atom. The van der Waals surface area contributed by atoms with Gasteiger partial charge in [0.2, 0.25) is 5.91 Å². The lowest BCUT2D eigenvalue weighted by atomic mass is 9.93. The maximum absolute atomic E-state index is 11.5. The van der Waals surface area contributed by atoms with E-state index in [-0.39, 0.29) is 11.9 Å². The van der Waals surface area contributed by atoms with Crippen LogP contribution in [0.5, 0.6) is 0 Å². The highest BCUT2D eigenvalue weighted by Gasteiger charge is 2.23. The van der Waals surface area contributed by atoms with Gasteiger partial charge in [0, 0.05) is 31.5 Å². The third-order valence-corrected chi connectivity index (χ3v) is 3.34. The fourth-order valence-electron chi connectivity index (χ4n) is 2.45. The van der Waals surface area contributed by atoms with Crippen molar-refractivity contribution < 1.29 is 4.79 Å². The second-order valence-corrected chi connectivity index (χ2v) is 5.18. The first-order valence-electron chi connectivity index (χ1n) is 6.92. The summed E-state index contributed by atoms with van der Waals surface area (Å²) in [6.07, 6.45) is 2.18. The molecule has 1 aromatic heterocycles. The molecule has 1 aromatic rings. The molecule has 0 aromatic carbocycles. The molecule has 0 spiro atoms. The molecule has 1 aliphatic heterocycles. The molecule has 1 saturated heterocycles. The van der Waals surface area contributed by atoms with Gasteiger partial charge in [0.15, 0.2) is 0 Å². The number of rotatable bonds is 4. The van der Waals surface area contributed by atoms with Crippen molar-refractivity contribution in [2.75, 3.05) is 11.9 Å². The molecular formula is C14H19N5O. The molecule has 0 saturated carbocycles. The Hall–Kier alpha value is -2.16. The van der Waals surface area contributed by atoms with Gasteiger partial charge in [-0.2, -0.15) is 5.26 Å². The average molecular weight is 273 g/mol. The molecular weight excluding hydrogens is 254 g/mol. The zero-order chi connectivity index (χ0) is 14.5. The number of anilines is 1. The van der Waals surface area contributed by atoms with Crippen LogP contribution in [0.3, 0.4) is 0 Å². The van der Waals surface area contributed by atoms with Crippen LogP contribution in [0.2, 0.25) is 0 Å². The lowest BCUT2D eigenvalue weighted by Gasteiger charge is -2.27. The standard InChI is InChI=1S/C14H19N5O/c1-3-12-18-11(7-15)6-13(19-12)16-8-10-4-9(2)17-14(20)5-10/h6,9-10H,3-5,8H2,1-2H3,(H,17,20)(H,16,18,19). The Kier molecular flexibility index (Phi) is 4.51. The molecule has 106 valence electrons. The number of carbonyl (C=O) groups excluding carboxylic acids is 1. The van der Waals surface area contributed by atoms with Crippen molar-refractivity contribution >= 4 is 11.7 Å². The summed E-state index contributed by atoms with van der Waals surface area (Å²) >= 11 is 0. The zero-order valence-electron chi connectivity index (χ0n) is 11.8. The highest BCUT2D eigenvalue weighted by atomic mass is 16.1. The summed E-state index contributed by atoms with van der Waals surface area (Å²) < 4.78 is 0. The number of hydrogen-bond donors (Lipinski definition) is 2. The average Bonchev–Trinajstić information content (AvgIpc) is 2.43. The molecule has 2 heterocycles. The summed E-state index contributed by atoms with van der Waals surface area (Å²) in [5, 5.41) is 15.1. The van der Waals surface area contributed by atoms with E-state index in [0.29, 0.717) is 42.6 Å². The van der Waals surface area contributed by atoms with E-state index in [0.717, 1.165) is 6.42 Å². The van der Waals surface area contributed by atoms with Crippen molar-refractivity contribution in [1.29, 1.82) is 5.26 Å². The van der Waals surface area contributed by atoms with Gasteiger partial charge in [0.25, 0.3) is 0 Å². The number of carbonyl (C=O) groups is 1. The van der Waals surface area contributed by atoms with Crippen molar-refractivity contribution in [3.63, 3.8) is 0 Å². The maximum atomic E-state index is 11.5. The number of hydrogen-bond acceptors (Lipinski definition) is 5. The van der Waals surface area contributed by atoms with Crippen LogP contribution >= 0.6 is 0 Å². The molecule has 0 bridgehead atoms. The molecule has 6 heteroatoms. The van der Waals surface area contributed by atoms with Crippen LogP contribution in [0, 0.1) is 17.2 Å². The highest BCUT2D eigenvalue weighted by molar-refractivity contribution is 5.77. The van der Waals surface area contributed by atoms with Gasteiger partial charge in [-0.05, 0) is 19.3 Å². The highest BCUT2D eigenvalue weighted by Crippen LogP contribution is 2.18. The van der Waals surface area contributed by atoms with E-state index >= 15 is 0 Å². The number of nitrogens with zero attached hydrogens (tertiary/aromatic N) is 3. The van der Waals surface area contributed by atoms with Crippen LogP contribution in [0.15, 0.2) is 6.07 Å². The Morgan fingerprint density at radius 1 is 1.55 bits per heavy atom. The van der Waals surface area contributed by atoms with E-state index in [4.69, 9.17) is 5.26 Å². The van der Waals surface area contributed by atoms with Crippen molar-refractivity contribution in [3.05, 3.63) is 17.6 Å². The molecule has 1 fully saturated rings. The minimum absolute atomic E-state index is 0.102. The Morgan fingerprint density at radius 2 is 2.35 bits per heavy atom. The van der Waals surface area contributed by atoms with Crippen LogP contribution in [0.25, 0.3) is 0 Å². The number of amides is 1. The van der Waals surface area contributed by atoms with Gasteiger partial charge in [-0.15, -0.1) is 0 Å². The molecule has 6 nitrogen and oxygen atoms in total. The van der Waals surface area contributed by atoms with Crippen molar-refractivity contribution in [1.82, 2.24) is 15.3 Å². The summed E-state index contributed by atoms with van der Waals surface area (Å²) in [6, 6.07) is 3.90. The van der Waals surface area contributed by atoms with Gasteiger partial charge in [-0.3, -0.25) is 4.79 Å². The molecule has 2 unspecified atom stereocenters. The van der Waals surface area contributed by atoms with E-state index in [1.165, 1.54) is 0 Å². The van der Waals surface area contributed by atoms with Crippen molar-refractivity contribution in [3.8, 4) is 6.07 Å². The third kappa shape index (κ3) is 3.67. The largest absolute Gasteiger partial charge is 0.370 e. The van der Waals surface area contributed by atoms with Crippen LogP contribution in [0.4, 0.5) is 5.82 Å². The summed E-state index contributed by atoms with van der Waals surface area (Å²) in [6.45, 7) is 4.65. The van der Waals surface area contributed by atoms with Gasteiger partial charge in [-0.25, -0.2) is 9.97 Å². The normalized spacial score (nSPS) is 21.9. The van der Waals surface area contributed by atoms with Gasteiger partial charge in [0.1, 0.15) is 23.4 Å². The van der Waals surface area contributed by atoms with Gasteiger partial charge >= 0.3 is 0 Å². The molecule has 2 atom stereocenters. The second kappa shape index (κ2) is 6.33. The monoisotopic (exact) mass is 273 g/mol. The quantitative estimate of drug-likeness (QED) is 0.861. The minimum Gasteiger partial charge on any atom is -0.370 e. The fourth-order valence-corrected chi connectivity index (χ4v) is 2.45. The van der Waals surface area contributed by atoms with Crippen LogP contribution in [-0.2, 0) is 11.2 Å². The van der Waals surface area contributed by atoms with Crippen molar-refractivity contribution in [2.45, 2.75) is 39.2 Å². The molecule has 20 heavy (non-hydrogen) atoms. The Labute approximate surface area is 118 Å².